The van der Waals surface area contributed by atoms with Crippen molar-refractivity contribution in [3.8, 4) is 5.75 Å². The van der Waals surface area contributed by atoms with Gasteiger partial charge in [-0.3, -0.25) is 4.79 Å². The fourth-order valence-corrected chi connectivity index (χ4v) is 4.10. The highest BCUT2D eigenvalue weighted by molar-refractivity contribution is 6.06. The molecule has 146 valence electrons. The Kier molecular flexibility index (Phi) is 6.38. The molecule has 2 atom stereocenters. The summed E-state index contributed by atoms with van der Waals surface area (Å²) in [5.74, 6) is 1.32. The summed E-state index contributed by atoms with van der Waals surface area (Å²) >= 11 is 0. The van der Waals surface area contributed by atoms with Crippen molar-refractivity contribution in [3.63, 3.8) is 0 Å². The predicted octanol–water partition coefficient (Wildman–Crippen LogP) is 5.55. The Bertz CT molecular complexity index is 788. The average molecular weight is 370 g/mol. The average Bonchev–Trinajstić information content (AvgIpc) is 2.68. The van der Waals surface area contributed by atoms with Crippen molar-refractivity contribution in [2.75, 3.05) is 18.5 Å². The molecule has 1 aliphatic carbocycles. The number of benzene rings is 2. The molecule has 3 rings (SSSR count). The van der Waals surface area contributed by atoms with Crippen molar-refractivity contribution in [1.29, 1.82) is 0 Å². The van der Waals surface area contributed by atoms with Crippen LogP contribution in [0.2, 0.25) is 0 Å². The van der Waals surface area contributed by atoms with Crippen LogP contribution in [0.5, 0.6) is 5.75 Å². The first-order chi connectivity index (χ1) is 13.1. The van der Waals surface area contributed by atoms with Gasteiger partial charge in [0.1, 0.15) is 11.4 Å². The van der Waals surface area contributed by atoms with Crippen LogP contribution in [0.1, 0.15) is 52.9 Å². The van der Waals surface area contributed by atoms with E-state index in [-0.39, 0.29) is 5.91 Å². The molecule has 1 amide bonds. The normalized spacial score (nSPS) is 22.6. The number of hydrogen-bond acceptors (Lipinski definition) is 3. The largest absolute Gasteiger partial charge is 0.493 e. The van der Waals surface area contributed by atoms with E-state index < -0.39 is 5.60 Å². The van der Waals surface area contributed by atoms with Crippen LogP contribution in [0, 0.1) is 5.92 Å². The molecule has 1 N–H and O–H groups in total. The molecule has 1 aliphatic rings. The van der Waals surface area contributed by atoms with Crippen molar-refractivity contribution >= 4 is 22.4 Å². The van der Waals surface area contributed by atoms with Crippen LogP contribution < -0.4 is 10.1 Å². The van der Waals surface area contributed by atoms with Crippen LogP contribution in [0.3, 0.4) is 0 Å². The van der Waals surface area contributed by atoms with Gasteiger partial charge in [0.2, 0.25) is 0 Å². The Hall–Kier alpha value is -2.07. The molecule has 0 radical (unpaired) electrons. The molecule has 4 nitrogen and oxygen atoms in total. The minimum absolute atomic E-state index is 0.0168. The van der Waals surface area contributed by atoms with Crippen LogP contribution in [0.15, 0.2) is 36.4 Å². The van der Waals surface area contributed by atoms with Crippen LogP contribution in [0.25, 0.3) is 10.8 Å². The van der Waals surface area contributed by atoms with Crippen molar-refractivity contribution in [2.45, 2.75) is 58.5 Å². The van der Waals surface area contributed by atoms with Gasteiger partial charge in [-0.1, -0.05) is 44.5 Å². The summed E-state index contributed by atoms with van der Waals surface area (Å²) in [5, 5.41) is 5.18. The fourth-order valence-electron chi connectivity index (χ4n) is 4.10. The third-order valence-corrected chi connectivity index (χ3v) is 5.38. The number of amides is 1. The lowest BCUT2D eigenvalue weighted by molar-refractivity contribution is -0.148. The first-order valence-corrected chi connectivity index (χ1v) is 10.2. The van der Waals surface area contributed by atoms with E-state index in [9.17, 15) is 4.79 Å². The van der Waals surface area contributed by atoms with E-state index in [0.717, 1.165) is 54.3 Å². The Labute approximate surface area is 162 Å². The van der Waals surface area contributed by atoms with Crippen molar-refractivity contribution in [2.24, 2.45) is 5.92 Å². The third-order valence-electron chi connectivity index (χ3n) is 5.38. The summed E-state index contributed by atoms with van der Waals surface area (Å²) in [5.41, 5.74) is 0.102. The molecule has 0 saturated heterocycles. The van der Waals surface area contributed by atoms with Gasteiger partial charge in [-0.05, 0) is 50.7 Å². The monoisotopic (exact) mass is 369 g/mol. The van der Waals surface area contributed by atoms with Gasteiger partial charge in [-0.25, -0.2) is 0 Å². The van der Waals surface area contributed by atoms with Gasteiger partial charge >= 0.3 is 0 Å². The minimum atomic E-state index is -0.715. The van der Waals surface area contributed by atoms with E-state index >= 15 is 0 Å². The van der Waals surface area contributed by atoms with E-state index in [0.29, 0.717) is 19.1 Å². The molecule has 0 spiro atoms. The zero-order valence-electron chi connectivity index (χ0n) is 16.7. The number of fused-ring (bicyclic) bond motifs is 1. The van der Waals surface area contributed by atoms with Crippen LogP contribution in [-0.2, 0) is 9.53 Å². The Morgan fingerprint density at radius 3 is 2.67 bits per heavy atom. The van der Waals surface area contributed by atoms with Gasteiger partial charge < -0.3 is 14.8 Å². The van der Waals surface area contributed by atoms with E-state index in [1.807, 2.05) is 43.3 Å². The molecule has 4 heteroatoms. The topological polar surface area (TPSA) is 47.6 Å². The molecule has 0 heterocycles. The molecule has 0 aromatic heterocycles. The van der Waals surface area contributed by atoms with Gasteiger partial charge in [0.15, 0.2) is 0 Å². The molecular formula is C23H31NO3. The van der Waals surface area contributed by atoms with E-state index in [1.165, 1.54) is 0 Å². The minimum Gasteiger partial charge on any atom is -0.493 e. The molecule has 0 bridgehead atoms. The maximum atomic E-state index is 13.3. The summed E-state index contributed by atoms with van der Waals surface area (Å²) in [6.07, 6.45) is 4.68. The highest BCUT2D eigenvalue weighted by atomic mass is 16.5. The quantitative estimate of drug-likeness (QED) is 0.696. The van der Waals surface area contributed by atoms with Gasteiger partial charge in [0.25, 0.3) is 5.91 Å². The summed E-state index contributed by atoms with van der Waals surface area (Å²) in [6.45, 7) is 7.50. The molecule has 1 saturated carbocycles. The maximum absolute atomic E-state index is 13.3. The van der Waals surface area contributed by atoms with Gasteiger partial charge in [-0.2, -0.15) is 0 Å². The fraction of sp³-hybridized carbons (Fsp3) is 0.522. The number of carbonyl (C=O) groups excluding carboxylic acids is 1. The lowest BCUT2D eigenvalue weighted by Crippen LogP contribution is -2.48. The second-order valence-corrected chi connectivity index (χ2v) is 7.59. The number of rotatable bonds is 7. The summed E-state index contributed by atoms with van der Waals surface area (Å²) in [6, 6.07) is 11.9. The maximum Gasteiger partial charge on any atom is 0.256 e. The highest BCUT2D eigenvalue weighted by Crippen LogP contribution is 2.38. The van der Waals surface area contributed by atoms with Crippen molar-refractivity contribution in [3.05, 3.63) is 36.4 Å². The Balaban J connectivity index is 1.91. The molecule has 27 heavy (non-hydrogen) atoms. The van der Waals surface area contributed by atoms with Gasteiger partial charge in [-0.15, -0.1) is 0 Å². The number of nitrogens with one attached hydrogen (secondary N) is 1. The Morgan fingerprint density at radius 2 is 1.96 bits per heavy atom. The van der Waals surface area contributed by atoms with Crippen molar-refractivity contribution < 1.29 is 14.3 Å². The predicted molar refractivity (Wildman–Crippen MR) is 110 cm³/mol. The number of carbonyl (C=O) groups is 1. The van der Waals surface area contributed by atoms with E-state index in [1.54, 1.807) is 0 Å². The Morgan fingerprint density at radius 1 is 1.19 bits per heavy atom. The lowest BCUT2D eigenvalue weighted by Gasteiger charge is -2.38. The van der Waals surface area contributed by atoms with E-state index in [2.05, 4.69) is 19.2 Å². The second kappa shape index (κ2) is 8.75. The van der Waals surface area contributed by atoms with Crippen LogP contribution in [0.4, 0.5) is 5.69 Å². The number of anilines is 1. The van der Waals surface area contributed by atoms with E-state index in [4.69, 9.17) is 9.47 Å². The zero-order chi connectivity index (χ0) is 19.3. The van der Waals surface area contributed by atoms with Crippen LogP contribution in [-0.4, -0.2) is 24.7 Å². The van der Waals surface area contributed by atoms with Gasteiger partial charge in [0, 0.05) is 23.1 Å². The molecule has 2 aromatic carbocycles. The number of hydrogen-bond donors (Lipinski definition) is 1. The summed E-state index contributed by atoms with van der Waals surface area (Å²) in [7, 11) is 0. The smallest absolute Gasteiger partial charge is 0.256 e. The lowest BCUT2D eigenvalue weighted by atomic mass is 9.78. The second-order valence-electron chi connectivity index (χ2n) is 7.59. The third kappa shape index (κ3) is 4.27. The first-order valence-electron chi connectivity index (χ1n) is 10.2. The molecular weight excluding hydrogens is 338 g/mol. The van der Waals surface area contributed by atoms with Crippen molar-refractivity contribution in [1.82, 2.24) is 0 Å². The molecule has 1 fully saturated rings. The first kappa shape index (κ1) is 19.7. The molecule has 0 aliphatic heterocycles. The highest BCUT2D eigenvalue weighted by Gasteiger charge is 2.42. The van der Waals surface area contributed by atoms with Crippen LogP contribution >= 0.6 is 0 Å². The standard InChI is InChI=1S/C23H31NO3/c1-4-15-27-23(14-8-9-17(3)16-23)22(25)24-20-12-13-21(26-5-2)19-11-7-6-10-18(19)20/h6-7,10-13,17H,4-5,8-9,14-16H2,1-3H3,(H,24,25). The molecule has 2 aromatic rings. The van der Waals surface area contributed by atoms with Gasteiger partial charge in [0.05, 0.1) is 6.61 Å². The SMILES string of the molecule is CCCOC1(C(=O)Nc2ccc(OCC)c3ccccc23)CCCC(C)C1. The number of ether oxygens (including phenoxy) is 2. The summed E-state index contributed by atoms with van der Waals surface area (Å²) in [4.78, 5) is 13.3. The molecule has 2 unspecified atom stereocenters. The summed E-state index contributed by atoms with van der Waals surface area (Å²) < 4.78 is 11.9. The zero-order valence-corrected chi connectivity index (χ0v) is 16.7.